The summed E-state index contributed by atoms with van der Waals surface area (Å²) >= 11 is 0. The van der Waals surface area contributed by atoms with Crippen molar-refractivity contribution in [1.29, 1.82) is 0 Å². The highest BCUT2D eigenvalue weighted by molar-refractivity contribution is 5.90. The largest absolute Gasteiger partial charge is 0.326 e. The van der Waals surface area contributed by atoms with Gasteiger partial charge in [0.15, 0.2) is 0 Å². The molecule has 0 aromatic heterocycles. The molecule has 106 valence electrons. The standard InChI is InChI=1S/C18H18N2O/c1-2-18(21)20-17-12-10-16(11-13-17)19-14-6-9-15-7-4-3-5-8-15/h3-14H,2H2,1H3,(H,20,21)/b9-6-,19-14?. The molecule has 0 radical (unpaired) electrons. The van der Waals surface area contributed by atoms with Crippen LogP contribution in [0.1, 0.15) is 18.9 Å². The molecule has 0 aliphatic carbocycles. The van der Waals surface area contributed by atoms with Crippen molar-refractivity contribution in [3.63, 3.8) is 0 Å². The third-order valence-corrected chi connectivity index (χ3v) is 2.87. The first-order valence-corrected chi connectivity index (χ1v) is 6.93. The maximum absolute atomic E-state index is 11.3. The van der Waals surface area contributed by atoms with Gasteiger partial charge in [-0.1, -0.05) is 43.3 Å². The number of hydrogen-bond donors (Lipinski definition) is 1. The summed E-state index contributed by atoms with van der Waals surface area (Å²) in [7, 11) is 0. The summed E-state index contributed by atoms with van der Waals surface area (Å²) in [5.41, 5.74) is 2.78. The lowest BCUT2D eigenvalue weighted by atomic mass is 10.2. The molecule has 0 saturated heterocycles. The second-order valence-electron chi connectivity index (χ2n) is 4.50. The molecule has 3 nitrogen and oxygen atoms in total. The molecule has 0 heterocycles. The number of anilines is 1. The number of hydrogen-bond acceptors (Lipinski definition) is 2. The molecular formula is C18H18N2O. The van der Waals surface area contributed by atoms with E-state index in [9.17, 15) is 4.79 Å². The van der Waals surface area contributed by atoms with Crippen LogP contribution in [0, 0.1) is 0 Å². The zero-order valence-corrected chi connectivity index (χ0v) is 12.0. The number of amides is 1. The van der Waals surface area contributed by atoms with Crippen LogP contribution in [-0.2, 0) is 4.79 Å². The number of nitrogens with one attached hydrogen (secondary N) is 1. The van der Waals surface area contributed by atoms with Gasteiger partial charge in [-0.05, 0) is 35.9 Å². The number of carbonyl (C=O) groups is 1. The fraction of sp³-hybridized carbons (Fsp3) is 0.111. The Bertz CT molecular complexity index is 628. The van der Waals surface area contributed by atoms with Gasteiger partial charge >= 0.3 is 0 Å². The molecule has 0 aliphatic heterocycles. The van der Waals surface area contributed by atoms with Gasteiger partial charge in [0, 0.05) is 18.3 Å². The number of rotatable bonds is 5. The average Bonchev–Trinajstić information content (AvgIpc) is 2.54. The fourth-order valence-electron chi connectivity index (χ4n) is 1.73. The van der Waals surface area contributed by atoms with E-state index in [0.29, 0.717) is 6.42 Å². The minimum absolute atomic E-state index is 0.0112. The van der Waals surface area contributed by atoms with Gasteiger partial charge in [-0.15, -0.1) is 0 Å². The first kappa shape index (κ1) is 14.7. The summed E-state index contributed by atoms with van der Waals surface area (Å²) in [4.78, 5) is 15.6. The van der Waals surface area contributed by atoms with Crippen molar-refractivity contribution in [3.05, 3.63) is 66.2 Å². The third-order valence-electron chi connectivity index (χ3n) is 2.87. The van der Waals surface area contributed by atoms with Gasteiger partial charge in [-0.2, -0.15) is 0 Å². The van der Waals surface area contributed by atoms with E-state index >= 15 is 0 Å². The van der Waals surface area contributed by atoms with Crippen molar-refractivity contribution >= 4 is 29.6 Å². The quantitative estimate of drug-likeness (QED) is 0.806. The Morgan fingerprint density at radius 3 is 2.48 bits per heavy atom. The topological polar surface area (TPSA) is 41.5 Å². The molecule has 21 heavy (non-hydrogen) atoms. The number of aliphatic imine (C=N–C) groups is 1. The van der Waals surface area contributed by atoms with E-state index < -0.39 is 0 Å². The van der Waals surface area contributed by atoms with Gasteiger partial charge in [0.25, 0.3) is 0 Å². The number of allylic oxidation sites excluding steroid dienone is 1. The molecule has 2 aromatic rings. The maximum atomic E-state index is 11.3. The van der Waals surface area contributed by atoms with Crippen molar-refractivity contribution in [1.82, 2.24) is 0 Å². The summed E-state index contributed by atoms with van der Waals surface area (Å²) in [6.45, 7) is 1.83. The third kappa shape index (κ3) is 5.07. The molecule has 0 atom stereocenters. The Labute approximate surface area is 125 Å². The molecule has 0 saturated carbocycles. The highest BCUT2D eigenvalue weighted by Crippen LogP contribution is 2.16. The van der Waals surface area contributed by atoms with Crippen LogP contribution in [0.15, 0.2) is 65.7 Å². The van der Waals surface area contributed by atoms with Gasteiger partial charge in [0.05, 0.1) is 5.69 Å². The highest BCUT2D eigenvalue weighted by Gasteiger charge is 1.97. The van der Waals surface area contributed by atoms with Crippen LogP contribution in [0.4, 0.5) is 11.4 Å². The van der Waals surface area contributed by atoms with E-state index in [1.807, 2.05) is 73.7 Å². The molecule has 2 rings (SSSR count). The number of benzene rings is 2. The Morgan fingerprint density at radius 2 is 1.81 bits per heavy atom. The maximum Gasteiger partial charge on any atom is 0.224 e. The van der Waals surface area contributed by atoms with Crippen LogP contribution in [0.25, 0.3) is 6.08 Å². The molecule has 1 amide bonds. The Balaban J connectivity index is 1.92. The van der Waals surface area contributed by atoms with E-state index in [1.165, 1.54) is 0 Å². The van der Waals surface area contributed by atoms with E-state index in [0.717, 1.165) is 16.9 Å². The first-order valence-electron chi connectivity index (χ1n) is 6.93. The molecule has 0 unspecified atom stereocenters. The van der Waals surface area contributed by atoms with Crippen molar-refractivity contribution in [2.24, 2.45) is 4.99 Å². The highest BCUT2D eigenvalue weighted by atomic mass is 16.1. The van der Waals surface area contributed by atoms with Crippen molar-refractivity contribution < 1.29 is 4.79 Å². The van der Waals surface area contributed by atoms with Crippen LogP contribution < -0.4 is 5.32 Å². The van der Waals surface area contributed by atoms with Crippen LogP contribution in [0.5, 0.6) is 0 Å². The van der Waals surface area contributed by atoms with Gasteiger partial charge in [0.2, 0.25) is 5.91 Å². The Hall–Kier alpha value is -2.68. The summed E-state index contributed by atoms with van der Waals surface area (Å²) < 4.78 is 0. The van der Waals surface area contributed by atoms with Gasteiger partial charge < -0.3 is 5.32 Å². The number of carbonyl (C=O) groups excluding carboxylic acids is 1. The summed E-state index contributed by atoms with van der Waals surface area (Å²) in [5.74, 6) is 0.0112. The molecule has 3 heteroatoms. The lowest BCUT2D eigenvalue weighted by Gasteiger charge is -2.02. The second kappa shape index (κ2) is 7.80. The zero-order chi connectivity index (χ0) is 14.9. The normalized spacial score (nSPS) is 11.1. The van der Waals surface area contributed by atoms with Crippen molar-refractivity contribution in [2.75, 3.05) is 5.32 Å². The van der Waals surface area contributed by atoms with Crippen LogP contribution in [0.2, 0.25) is 0 Å². The molecular weight excluding hydrogens is 260 g/mol. The molecule has 2 aromatic carbocycles. The molecule has 0 bridgehead atoms. The van der Waals surface area contributed by atoms with Gasteiger partial charge in [0.1, 0.15) is 0 Å². The second-order valence-corrected chi connectivity index (χ2v) is 4.50. The van der Waals surface area contributed by atoms with Crippen LogP contribution >= 0.6 is 0 Å². The van der Waals surface area contributed by atoms with E-state index in [2.05, 4.69) is 10.3 Å². The molecule has 0 spiro atoms. The smallest absolute Gasteiger partial charge is 0.224 e. The van der Waals surface area contributed by atoms with Crippen molar-refractivity contribution in [2.45, 2.75) is 13.3 Å². The molecule has 0 fully saturated rings. The van der Waals surface area contributed by atoms with E-state index in [1.54, 1.807) is 6.21 Å². The Morgan fingerprint density at radius 1 is 1.10 bits per heavy atom. The summed E-state index contributed by atoms with van der Waals surface area (Å²) in [6.07, 6.45) is 6.14. The van der Waals surface area contributed by atoms with E-state index in [-0.39, 0.29) is 5.91 Å². The minimum atomic E-state index is 0.0112. The zero-order valence-electron chi connectivity index (χ0n) is 12.0. The Kier molecular flexibility index (Phi) is 5.47. The van der Waals surface area contributed by atoms with Gasteiger partial charge in [-0.25, -0.2) is 0 Å². The fourth-order valence-corrected chi connectivity index (χ4v) is 1.73. The van der Waals surface area contributed by atoms with Gasteiger partial charge in [-0.3, -0.25) is 9.79 Å². The average molecular weight is 278 g/mol. The first-order chi connectivity index (χ1) is 10.3. The van der Waals surface area contributed by atoms with E-state index in [4.69, 9.17) is 0 Å². The molecule has 0 aliphatic rings. The number of nitrogens with zero attached hydrogens (tertiary/aromatic N) is 1. The lowest BCUT2D eigenvalue weighted by Crippen LogP contribution is -2.08. The van der Waals surface area contributed by atoms with Crippen molar-refractivity contribution in [3.8, 4) is 0 Å². The summed E-state index contributed by atoms with van der Waals surface area (Å²) in [5, 5.41) is 2.80. The van der Waals surface area contributed by atoms with Crippen LogP contribution in [-0.4, -0.2) is 12.1 Å². The predicted octanol–water partition coefficient (Wildman–Crippen LogP) is 4.45. The molecule has 1 N–H and O–H groups in total. The monoisotopic (exact) mass is 278 g/mol. The predicted molar refractivity (Wildman–Crippen MR) is 89.0 cm³/mol. The summed E-state index contributed by atoms with van der Waals surface area (Å²) in [6, 6.07) is 17.5. The van der Waals surface area contributed by atoms with Crippen LogP contribution in [0.3, 0.4) is 0 Å². The minimum Gasteiger partial charge on any atom is -0.326 e. The lowest BCUT2D eigenvalue weighted by molar-refractivity contribution is -0.115. The SMILES string of the molecule is CCC(=O)Nc1ccc(N=C/C=C\c2ccccc2)cc1.